The maximum absolute atomic E-state index is 13.0. The monoisotopic (exact) mass is 410 g/mol. The molecular weight excluding hydrogens is 388 g/mol. The number of nitrogens with zero attached hydrogens (tertiary/aromatic N) is 2. The number of carbonyl (C=O) groups excluding carboxylic acids is 2. The van der Waals surface area contributed by atoms with Crippen LogP contribution in [0.25, 0.3) is 10.9 Å². The molecule has 150 valence electrons. The molecule has 0 aliphatic rings. The second kappa shape index (κ2) is 9.38. The Hall–Kier alpha value is -3.13. The number of rotatable bonds is 8. The van der Waals surface area contributed by atoms with Crippen molar-refractivity contribution in [2.24, 2.45) is 5.73 Å². The number of primary amides is 1. The lowest BCUT2D eigenvalue weighted by Crippen LogP contribution is -2.25. The quantitative estimate of drug-likeness (QED) is 0.437. The molecule has 0 aliphatic carbocycles. The van der Waals surface area contributed by atoms with Crippen molar-refractivity contribution in [1.82, 2.24) is 14.9 Å². The molecule has 1 aromatic heterocycles. The number of benzene rings is 2. The first-order valence-electron chi connectivity index (χ1n) is 9.27. The van der Waals surface area contributed by atoms with E-state index in [1.165, 1.54) is 4.57 Å². The van der Waals surface area contributed by atoms with Crippen LogP contribution in [-0.2, 0) is 11.3 Å². The van der Waals surface area contributed by atoms with Crippen LogP contribution in [0, 0.1) is 0 Å². The van der Waals surface area contributed by atoms with Crippen molar-refractivity contribution in [2.75, 3.05) is 12.3 Å². The molecule has 8 heteroatoms. The molecular formula is C21H22N4O3S. The summed E-state index contributed by atoms with van der Waals surface area (Å²) in [6, 6.07) is 14.2. The van der Waals surface area contributed by atoms with Crippen LogP contribution in [0.5, 0.6) is 0 Å². The normalized spacial score (nSPS) is 10.8. The van der Waals surface area contributed by atoms with E-state index < -0.39 is 5.91 Å². The molecule has 0 saturated carbocycles. The van der Waals surface area contributed by atoms with Crippen LogP contribution in [-0.4, -0.2) is 33.7 Å². The van der Waals surface area contributed by atoms with Crippen molar-refractivity contribution in [1.29, 1.82) is 0 Å². The molecule has 0 unspecified atom stereocenters. The number of carbonyl (C=O) groups is 2. The smallest absolute Gasteiger partial charge is 0.262 e. The number of nitrogens with one attached hydrogen (secondary N) is 1. The third-order valence-corrected chi connectivity index (χ3v) is 5.26. The zero-order valence-electron chi connectivity index (χ0n) is 16.1. The molecule has 0 spiro atoms. The highest BCUT2D eigenvalue weighted by atomic mass is 32.2. The summed E-state index contributed by atoms with van der Waals surface area (Å²) in [4.78, 5) is 40.8. The van der Waals surface area contributed by atoms with Crippen molar-refractivity contribution in [3.05, 3.63) is 70.0 Å². The summed E-state index contributed by atoms with van der Waals surface area (Å²) in [6.07, 6.45) is 0.869. The molecule has 2 amide bonds. The minimum absolute atomic E-state index is 0.0291. The van der Waals surface area contributed by atoms with E-state index in [0.717, 1.165) is 23.7 Å². The van der Waals surface area contributed by atoms with Gasteiger partial charge in [-0.1, -0.05) is 43.0 Å². The summed E-state index contributed by atoms with van der Waals surface area (Å²) in [5, 5.41) is 3.77. The molecule has 0 radical (unpaired) electrons. The predicted octanol–water partition coefficient (Wildman–Crippen LogP) is 2.16. The summed E-state index contributed by atoms with van der Waals surface area (Å²) in [5.41, 5.74) is 7.05. The predicted molar refractivity (Wildman–Crippen MR) is 114 cm³/mol. The van der Waals surface area contributed by atoms with Gasteiger partial charge >= 0.3 is 0 Å². The number of thioether (sulfide) groups is 1. The fraction of sp³-hybridized carbons (Fsp3) is 0.238. The molecule has 2 aromatic carbocycles. The van der Waals surface area contributed by atoms with Gasteiger partial charge in [-0.05, 0) is 36.2 Å². The van der Waals surface area contributed by atoms with Gasteiger partial charge in [-0.25, -0.2) is 4.98 Å². The summed E-state index contributed by atoms with van der Waals surface area (Å²) in [5.74, 6) is -0.576. The topological polar surface area (TPSA) is 107 Å². The lowest BCUT2D eigenvalue weighted by atomic mass is 10.1. The molecule has 7 nitrogen and oxygen atoms in total. The van der Waals surface area contributed by atoms with Gasteiger partial charge in [0.05, 0.1) is 23.2 Å². The second-order valence-electron chi connectivity index (χ2n) is 6.51. The first-order valence-corrected chi connectivity index (χ1v) is 10.3. The third kappa shape index (κ3) is 5.03. The highest BCUT2D eigenvalue weighted by Crippen LogP contribution is 2.19. The molecule has 0 atom stereocenters. The van der Waals surface area contributed by atoms with E-state index in [9.17, 15) is 14.4 Å². The molecule has 0 bridgehead atoms. The van der Waals surface area contributed by atoms with Crippen LogP contribution < -0.4 is 16.6 Å². The van der Waals surface area contributed by atoms with Gasteiger partial charge in [0.1, 0.15) is 0 Å². The van der Waals surface area contributed by atoms with Gasteiger partial charge in [0, 0.05) is 12.1 Å². The number of hydrogen-bond acceptors (Lipinski definition) is 5. The average Bonchev–Trinajstić information content (AvgIpc) is 2.73. The van der Waals surface area contributed by atoms with Crippen LogP contribution >= 0.6 is 11.8 Å². The highest BCUT2D eigenvalue weighted by Gasteiger charge is 2.13. The fourth-order valence-electron chi connectivity index (χ4n) is 2.82. The Morgan fingerprint density at radius 3 is 2.55 bits per heavy atom. The van der Waals surface area contributed by atoms with Crippen molar-refractivity contribution in [3.63, 3.8) is 0 Å². The maximum Gasteiger partial charge on any atom is 0.262 e. The Labute approximate surface area is 172 Å². The van der Waals surface area contributed by atoms with Crippen molar-refractivity contribution >= 4 is 34.5 Å². The summed E-state index contributed by atoms with van der Waals surface area (Å²) in [7, 11) is 0. The molecule has 29 heavy (non-hydrogen) atoms. The number of amides is 2. The minimum Gasteiger partial charge on any atom is -0.369 e. The van der Waals surface area contributed by atoms with E-state index in [-0.39, 0.29) is 23.8 Å². The van der Waals surface area contributed by atoms with Crippen LogP contribution in [0.3, 0.4) is 0 Å². The number of hydrogen-bond donors (Lipinski definition) is 2. The Kier molecular flexibility index (Phi) is 6.66. The number of fused-ring (bicyclic) bond motifs is 1. The molecule has 3 aromatic rings. The maximum atomic E-state index is 13.0. The standard InChI is InChI=1S/C21H22N4O3S/c1-2-11-23-19(27)15-9-7-14(8-10-15)12-25-20(28)16-5-3-4-6-17(16)24-21(25)29-13-18(22)26/h3-10H,2,11-13H2,1H3,(H2,22,26)(H,23,27). The van der Waals surface area contributed by atoms with Gasteiger partial charge in [0.2, 0.25) is 5.91 Å². The van der Waals surface area contributed by atoms with Gasteiger partial charge in [-0.3, -0.25) is 19.0 Å². The van der Waals surface area contributed by atoms with Crippen LogP contribution in [0.4, 0.5) is 0 Å². The summed E-state index contributed by atoms with van der Waals surface area (Å²) >= 11 is 1.13. The van der Waals surface area contributed by atoms with Crippen molar-refractivity contribution in [2.45, 2.75) is 25.0 Å². The minimum atomic E-state index is -0.480. The molecule has 0 aliphatic heterocycles. The third-order valence-electron chi connectivity index (χ3n) is 4.26. The van der Waals surface area contributed by atoms with Gasteiger partial charge in [0.25, 0.3) is 11.5 Å². The van der Waals surface area contributed by atoms with E-state index in [0.29, 0.717) is 28.2 Å². The van der Waals surface area contributed by atoms with E-state index in [1.54, 1.807) is 30.3 Å². The molecule has 1 heterocycles. The Morgan fingerprint density at radius 1 is 1.14 bits per heavy atom. The Balaban J connectivity index is 1.92. The van der Waals surface area contributed by atoms with Crippen LogP contribution in [0.1, 0.15) is 29.3 Å². The zero-order valence-corrected chi connectivity index (χ0v) is 16.9. The fourth-order valence-corrected chi connectivity index (χ4v) is 3.56. The van der Waals surface area contributed by atoms with Crippen LogP contribution in [0.2, 0.25) is 0 Å². The largest absolute Gasteiger partial charge is 0.369 e. The average molecular weight is 410 g/mol. The molecule has 3 N–H and O–H groups in total. The van der Waals surface area contributed by atoms with Crippen LogP contribution in [0.15, 0.2) is 58.5 Å². The van der Waals surface area contributed by atoms with Crippen molar-refractivity contribution < 1.29 is 9.59 Å². The zero-order chi connectivity index (χ0) is 20.8. The first-order chi connectivity index (χ1) is 14.0. The van der Waals surface area contributed by atoms with Gasteiger partial charge < -0.3 is 11.1 Å². The second-order valence-corrected chi connectivity index (χ2v) is 7.45. The lowest BCUT2D eigenvalue weighted by Gasteiger charge is -2.13. The summed E-state index contributed by atoms with van der Waals surface area (Å²) in [6.45, 7) is 2.89. The Bertz CT molecular complexity index is 1090. The van der Waals surface area contributed by atoms with Gasteiger partial charge in [0.15, 0.2) is 5.16 Å². The molecule has 0 fully saturated rings. The highest BCUT2D eigenvalue weighted by molar-refractivity contribution is 7.99. The molecule has 3 rings (SSSR count). The SMILES string of the molecule is CCCNC(=O)c1ccc(Cn2c(SCC(N)=O)nc3ccccc3c2=O)cc1. The van der Waals surface area contributed by atoms with E-state index in [4.69, 9.17) is 5.73 Å². The summed E-state index contributed by atoms with van der Waals surface area (Å²) < 4.78 is 1.53. The van der Waals surface area contributed by atoms with E-state index in [1.807, 2.05) is 25.1 Å². The van der Waals surface area contributed by atoms with Gasteiger partial charge in [-0.15, -0.1) is 0 Å². The number of para-hydroxylation sites is 1. The number of nitrogens with two attached hydrogens (primary N) is 1. The molecule has 0 saturated heterocycles. The van der Waals surface area contributed by atoms with E-state index in [2.05, 4.69) is 10.3 Å². The van der Waals surface area contributed by atoms with Gasteiger partial charge in [-0.2, -0.15) is 0 Å². The number of aromatic nitrogens is 2. The Morgan fingerprint density at radius 2 is 1.86 bits per heavy atom. The van der Waals surface area contributed by atoms with E-state index >= 15 is 0 Å². The first kappa shape index (κ1) is 20.6. The lowest BCUT2D eigenvalue weighted by molar-refractivity contribution is -0.115. The van der Waals surface area contributed by atoms with Crippen molar-refractivity contribution in [3.8, 4) is 0 Å².